The van der Waals surface area contributed by atoms with E-state index in [1.807, 2.05) is 0 Å². The summed E-state index contributed by atoms with van der Waals surface area (Å²) >= 11 is 0. The molecular formula is C23H20F3N3O4. The third-order valence-electron chi connectivity index (χ3n) is 5.53. The van der Waals surface area contributed by atoms with E-state index in [9.17, 15) is 22.8 Å². The summed E-state index contributed by atoms with van der Waals surface area (Å²) in [5.41, 5.74) is 0.762. The van der Waals surface area contributed by atoms with Crippen molar-refractivity contribution in [3.05, 3.63) is 71.6 Å². The summed E-state index contributed by atoms with van der Waals surface area (Å²) in [5, 5.41) is 11.5. The Balaban J connectivity index is 1.49. The Morgan fingerprint density at radius 2 is 1.67 bits per heavy atom. The number of nitrogens with one attached hydrogen (secondary N) is 1. The maximum atomic E-state index is 13.5. The van der Waals surface area contributed by atoms with Crippen molar-refractivity contribution in [1.82, 2.24) is 9.88 Å². The van der Waals surface area contributed by atoms with Crippen LogP contribution in [-0.4, -0.2) is 40.1 Å². The fourth-order valence-corrected chi connectivity index (χ4v) is 3.80. The number of carbonyl (C=O) groups is 2. The Morgan fingerprint density at radius 1 is 1.03 bits per heavy atom. The largest absolute Gasteiger partial charge is 0.465 e. The first kappa shape index (κ1) is 22.4. The van der Waals surface area contributed by atoms with Gasteiger partial charge in [-0.05, 0) is 48.6 Å². The van der Waals surface area contributed by atoms with E-state index in [2.05, 4.69) is 10.3 Å². The highest BCUT2D eigenvalue weighted by atomic mass is 19.4. The van der Waals surface area contributed by atoms with Crippen LogP contribution in [0.2, 0.25) is 0 Å². The molecule has 0 saturated carbocycles. The number of oxazole rings is 1. The van der Waals surface area contributed by atoms with Gasteiger partial charge in [-0.3, -0.25) is 4.79 Å². The monoisotopic (exact) mass is 459 g/mol. The minimum Gasteiger partial charge on any atom is -0.465 e. The SMILES string of the molecule is O=C(Nc1ccc(C2CCN(C(=O)O)CC2)cc1)c1nc(-c2ccccc2)oc1C(F)(F)F. The second kappa shape index (κ2) is 8.97. The van der Waals surface area contributed by atoms with Gasteiger partial charge in [0, 0.05) is 24.3 Å². The van der Waals surface area contributed by atoms with E-state index < -0.39 is 29.6 Å². The van der Waals surface area contributed by atoms with Crippen molar-refractivity contribution in [3.8, 4) is 11.5 Å². The van der Waals surface area contributed by atoms with E-state index >= 15 is 0 Å². The van der Waals surface area contributed by atoms with Crippen LogP contribution in [0.4, 0.5) is 23.7 Å². The van der Waals surface area contributed by atoms with Crippen molar-refractivity contribution in [2.24, 2.45) is 0 Å². The quantitative estimate of drug-likeness (QED) is 0.539. The van der Waals surface area contributed by atoms with Crippen LogP contribution in [0.1, 0.15) is 40.6 Å². The summed E-state index contributed by atoms with van der Waals surface area (Å²) in [5.74, 6) is -2.61. The number of hydrogen-bond acceptors (Lipinski definition) is 4. The van der Waals surface area contributed by atoms with E-state index in [0.29, 0.717) is 37.2 Å². The first-order valence-corrected chi connectivity index (χ1v) is 10.2. The number of likely N-dealkylation sites (tertiary alicyclic amines) is 1. The lowest BCUT2D eigenvalue weighted by atomic mass is 9.89. The molecule has 33 heavy (non-hydrogen) atoms. The summed E-state index contributed by atoms with van der Waals surface area (Å²) in [6.45, 7) is 0.878. The maximum Gasteiger partial charge on any atom is 0.452 e. The molecule has 2 N–H and O–H groups in total. The van der Waals surface area contributed by atoms with Crippen LogP contribution in [0.5, 0.6) is 0 Å². The predicted octanol–water partition coefficient (Wildman–Crippen LogP) is 5.47. The van der Waals surface area contributed by atoms with Gasteiger partial charge in [-0.1, -0.05) is 30.3 Å². The highest BCUT2D eigenvalue weighted by Crippen LogP contribution is 2.36. The number of amides is 2. The van der Waals surface area contributed by atoms with Gasteiger partial charge < -0.3 is 19.7 Å². The van der Waals surface area contributed by atoms with E-state index in [1.54, 1.807) is 42.5 Å². The maximum absolute atomic E-state index is 13.5. The van der Waals surface area contributed by atoms with Gasteiger partial charge in [0.1, 0.15) is 0 Å². The van der Waals surface area contributed by atoms with Gasteiger partial charge in [-0.2, -0.15) is 13.2 Å². The lowest BCUT2D eigenvalue weighted by molar-refractivity contribution is -0.153. The normalized spacial score (nSPS) is 14.8. The summed E-state index contributed by atoms with van der Waals surface area (Å²) in [7, 11) is 0. The van der Waals surface area contributed by atoms with Crippen LogP contribution in [0, 0.1) is 0 Å². The van der Waals surface area contributed by atoms with Crippen molar-refractivity contribution >= 4 is 17.7 Å². The molecule has 0 unspecified atom stereocenters. The first-order chi connectivity index (χ1) is 15.7. The highest BCUT2D eigenvalue weighted by Gasteiger charge is 2.42. The van der Waals surface area contributed by atoms with E-state index in [0.717, 1.165) is 5.56 Å². The second-order valence-electron chi connectivity index (χ2n) is 7.68. The molecule has 3 aromatic rings. The summed E-state index contributed by atoms with van der Waals surface area (Å²) < 4.78 is 45.3. The number of halogens is 3. The van der Waals surface area contributed by atoms with Crippen molar-refractivity contribution in [2.45, 2.75) is 24.9 Å². The smallest absolute Gasteiger partial charge is 0.452 e. The second-order valence-corrected chi connectivity index (χ2v) is 7.68. The van der Waals surface area contributed by atoms with Gasteiger partial charge in [-0.25, -0.2) is 9.78 Å². The van der Waals surface area contributed by atoms with Crippen LogP contribution < -0.4 is 5.32 Å². The molecule has 0 aliphatic carbocycles. The molecule has 0 radical (unpaired) electrons. The number of benzene rings is 2. The van der Waals surface area contributed by atoms with Gasteiger partial charge in [0.15, 0.2) is 5.69 Å². The molecule has 4 rings (SSSR count). The highest BCUT2D eigenvalue weighted by molar-refractivity contribution is 6.04. The Hall–Kier alpha value is -3.82. The third kappa shape index (κ3) is 5.00. The van der Waals surface area contributed by atoms with Crippen molar-refractivity contribution in [3.63, 3.8) is 0 Å². The van der Waals surface area contributed by atoms with Crippen LogP contribution >= 0.6 is 0 Å². The standard InChI is InChI=1S/C23H20F3N3O4/c24-23(25,26)19-18(28-21(33-19)16-4-2-1-3-5-16)20(30)27-17-8-6-14(7-9-17)15-10-12-29(13-11-15)22(31)32/h1-9,15H,10-13H2,(H,27,30)(H,31,32). The number of alkyl halides is 3. The molecule has 172 valence electrons. The number of rotatable bonds is 4. The summed E-state index contributed by atoms with van der Waals surface area (Å²) in [6.07, 6.45) is -4.48. The van der Waals surface area contributed by atoms with Crippen molar-refractivity contribution < 1.29 is 32.3 Å². The zero-order valence-corrected chi connectivity index (χ0v) is 17.3. The fourth-order valence-electron chi connectivity index (χ4n) is 3.80. The van der Waals surface area contributed by atoms with Gasteiger partial charge in [0.25, 0.3) is 5.91 Å². The average Bonchev–Trinajstić information content (AvgIpc) is 3.27. The Morgan fingerprint density at radius 3 is 2.24 bits per heavy atom. The molecule has 1 saturated heterocycles. The van der Waals surface area contributed by atoms with Crippen LogP contribution in [-0.2, 0) is 6.18 Å². The van der Waals surface area contributed by atoms with Gasteiger partial charge in [0.2, 0.25) is 11.7 Å². The molecule has 1 aliphatic rings. The summed E-state index contributed by atoms with van der Waals surface area (Å²) in [4.78, 5) is 28.8. The zero-order chi connectivity index (χ0) is 23.6. The minimum atomic E-state index is -4.89. The molecule has 2 aromatic carbocycles. The molecule has 10 heteroatoms. The predicted molar refractivity (Wildman–Crippen MR) is 113 cm³/mol. The van der Waals surface area contributed by atoms with Gasteiger partial charge in [0.05, 0.1) is 0 Å². The number of piperidine rings is 1. The molecule has 0 atom stereocenters. The third-order valence-corrected chi connectivity index (χ3v) is 5.53. The molecule has 2 amide bonds. The number of anilines is 1. The Labute approximate surface area is 186 Å². The van der Waals surface area contributed by atoms with Gasteiger partial charge in [-0.15, -0.1) is 0 Å². The summed E-state index contributed by atoms with van der Waals surface area (Å²) in [6, 6.07) is 14.8. The van der Waals surface area contributed by atoms with E-state index in [-0.39, 0.29) is 11.8 Å². The molecule has 1 aliphatic heterocycles. The number of hydrogen-bond donors (Lipinski definition) is 2. The zero-order valence-electron chi connectivity index (χ0n) is 17.3. The molecular weight excluding hydrogens is 439 g/mol. The van der Waals surface area contributed by atoms with Crippen molar-refractivity contribution in [1.29, 1.82) is 0 Å². The fraction of sp³-hybridized carbons (Fsp3) is 0.261. The van der Waals surface area contributed by atoms with Crippen molar-refractivity contribution in [2.75, 3.05) is 18.4 Å². The van der Waals surface area contributed by atoms with Crippen LogP contribution in [0.15, 0.2) is 59.0 Å². The van der Waals surface area contributed by atoms with E-state index in [4.69, 9.17) is 9.52 Å². The molecule has 7 nitrogen and oxygen atoms in total. The number of carboxylic acid groups (broad SMARTS) is 1. The topological polar surface area (TPSA) is 95.7 Å². The average molecular weight is 459 g/mol. The number of aromatic nitrogens is 1. The molecule has 0 bridgehead atoms. The number of carbonyl (C=O) groups excluding carboxylic acids is 1. The lowest BCUT2D eigenvalue weighted by Crippen LogP contribution is -2.36. The molecule has 2 heterocycles. The van der Waals surface area contributed by atoms with Gasteiger partial charge >= 0.3 is 12.3 Å². The Bertz CT molecular complexity index is 1140. The van der Waals surface area contributed by atoms with Crippen LogP contribution in [0.3, 0.4) is 0 Å². The molecule has 0 spiro atoms. The first-order valence-electron chi connectivity index (χ1n) is 10.2. The molecule has 1 aromatic heterocycles. The molecule has 1 fully saturated rings. The van der Waals surface area contributed by atoms with Crippen LogP contribution in [0.25, 0.3) is 11.5 Å². The Kier molecular flexibility index (Phi) is 6.08. The van der Waals surface area contributed by atoms with E-state index in [1.165, 1.54) is 17.0 Å². The minimum absolute atomic E-state index is 0.172. The number of nitrogens with zero attached hydrogens (tertiary/aromatic N) is 2. The lowest BCUT2D eigenvalue weighted by Gasteiger charge is -2.30.